The minimum Gasteiger partial charge on any atom is -0.494 e. The number of hydrogen-bond donors (Lipinski definition) is 1. The van der Waals surface area contributed by atoms with Crippen molar-refractivity contribution in [3.63, 3.8) is 0 Å². The molecule has 4 nitrogen and oxygen atoms in total. The van der Waals surface area contributed by atoms with E-state index in [0.717, 1.165) is 24.3 Å². The lowest BCUT2D eigenvalue weighted by atomic mass is 10.1. The minimum absolute atomic E-state index is 0.384. The van der Waals surface area contributed by atoms with Crippen LogP contribution in [0.15, 0.2) is 36.5 Å². The first-order valence-corrected chi connectivity index (χ1v) is 7.02. The second-order valence-electron chi connectivity index (χ2n) is 5.12. The highest BCUT2D eigenvalue weighted by atomic mass is 16.5. The van der Waals surface area contributed by atoms with E-state index in [-0.39, 0.29) is 0 Å². The Morgan fingerprint density at radius 1 is 1.35 bits per heavy atom. The summed E-state index contributed by atoms with van der Waals surface area (Å²) in [5.41, 5.74) is 2.34. The van der Waals surface area contributed by atoms with Gasteiger partial charge < -0.3 is 10.1 Å². The van der Waals surface area contributed by atoms with E-state index in [1.54, 1.807) is 0 Å². The highest BCUT2D eigenvalue weighted by molar-refractivity contribution is 5.27. The molecule has 0 bridgehead atoms. The summed E-state index contributed by atoms with van der Waals surface area (Å²) in [6, 6.07) is 10.6. The van der Waals surface area contributed by atoms with Gasteiger partial charge in [0.1, 0.15) is 5.75 Å². The first kappa shape index (κ1) is 14.6. The van der Waals surface area contributed by atoms with Gasteiger partial charge in [0, 0.05) is 25.7 Å². The van der Waals surface area contributed by atoms with Gasteiger partial charge >= 0.3 is 0 Å². The second-order valence-corrected chi connectivity index (χ2v) is 5.12. The summed E-state index contributed by atoms with van der Waals surface area (Å²) in [7, 11) is 3.93. The van der Waals surface area contributed by atoms with Crippen LogP contribution in [0.5, 0.6) is 5.75 Å². The van der Waals surface area contributed by atoms with Gasteiger partial charge in [-0.1, -0.05) is 12.1 Å². The predicted molar refractivity (Wildman–Crippen MR) is 81.1 cm³/mol. The smallest absolute Gasteiger partial charge is 0.119 e. The molecule has 0 aliphatic carbocycles. The average Bonchev–Trinajstić information content (AvgIpc) is 2.83. The van der Waals surface area contributed by atoms with Crippen LogP contribution in [0.25, 0.3) is 0 Å². The Kier molecular flexibility index (Phi) is 5.18. The van der Waals surface area contributed by atoms with Crippen molar-refractivity contribution in [3.05, 3.63) is 47.8 Å². The van der Waals surface area contributed by atoms with Crippen molar-refractivity contribution >= 4 is 0 Å². The Morgan fingerprint density at radius 2 is 2.20 bits per heavy atom. The van der Waals surface area contributed by atoms with Crippen molar-refractivity contribution in [2.75, 3.05) is 13.7 Å². The monoisotopic (exact) mass is 273 g/mol. The third-order valence-corrected chi connectivity index (χ3v) is 3.36. The number of likely N-dealkylation sites (N-methyl/N-ethyl adjacent to an activating group) is 1. The molecular weight excluding hydrogens is 250 g/mol. The van der Waals surface area contributed by atoms with Crippen molar-refractivity contribution in [3.8, 4) is 5.75 Å². The van der Waals surface area contributed by atoms with Crippen LogP contribution in [0.2, 0.25) is 0 Å². The molecule has 1 aromatic heterocycles. The van der Waals surface area contributed by atoms with E-state index in [0.29, 0.717) is 12.6 Å². The fourth-order valence-electron chi connectivity index (χ4n) is 2.20. The molecule has 2 aromatic rings. The molecule has 1 heterocycles. The van der Waals surface area contributed by atoms with Crippen LogP contribution in [-0.2, 0) is 13.5 Å². The summed E-state index contributed by atoms with van der Waals surface area (Å²) in [5.74, 6) is 0.942. The molecule has 2 rings (SSSR count). The summed E-state index contributed by atoms with van der Waals surface area (Å²) < 4.78 is 7.64. The third kappa shape index (κ3) is 4.38. The fourth-order valence-corrected chi connectivity index (χ4v) is 2.20. The number of hydrogen-bond acceptors (Lipinski definition) is 3. The lowest BCUT2D eigenvalue weighted by Gasteiger charge is -2.15. The number of nitrogens with one attached hydrogen (secondary N) is 1. The topological polar surface area (TPSA) is 39.1 Å². The first-order chi connectivity index (χ1) is 9.67. The maximum atomic E-state index is 5.80. The summed E-state index contributed by atoms with van der Waals surface area (Å²) in [4.78, 5) is 0. The number of aromatic nitrogens is 2. The molecular formula is C16H23N3O. The van der Waals surface area contributed by atoms with Gasteiger partial charge in [0.2, 0.25) is 0 Å². The van der Waals surface area contributed by atoms with Gasteiger partial charge in [-0.05, 0) is 44.2 Å². The van der Waals surface area contributed by atoms with Crippen LogP contribution in [0.3, 0.4) is 0 Å². The zero-order chi connectivity index (χ0) is 14.4. The number of rotatable bonds is 7. The number of benzene rings is 1. The van der Waals surface area contributed by atoms with Gasteiger partial charge in [-0.15, -0.1) is 0 Å². The summed E-state index contributed by atoms with van der Waals surface area (Å²) in [5, 5.41) is 7.74. The molecule has 0 saturated carbocycles. The van der Waals surface area contributed by atoms with E-state index in [4.69, 9.17) is 4.74 Å². The zero-order valence-electron chi connectivity index (χ0n) is 12.5. The predicted octanol–water partition coefficient (Wildman–Crippen LogP) is 2.33. The molecule has 1 aromatic carbocycles. The Labute approximate surface area is 120 Å². The van der Waals surface area contributed by atoms with Gasteiger partial charge in [0.05, 0.1) is 12.3 Å². The Hall–Kier alpha value is -1.81. The lowest BCUT2D eigenvalue weighted by Crippen LogP contribution is -2.29. The van der Waals surface area contributed by atoms with Crippen molar-refractivity contribution in [2.24, 2.45) is 7.05 Å². The van der Waals surface area contributed by atoms with Gasteiger partial charge in [-0.25, -0.2) is 0 Å². The average molecular weight is 273 g/mol. The second kappa shape index (κ2) is 7.10. The quantitative estimate of drug-likeness (QED) is 0.841. The molecule has 4 heteroatoms. The molecule has 20 heavy (non-hydrogen) atoms. The van der Waals surface area contributed by atoms with E-state index < -0.39 is 0 Å². The highest BCUT2D eigenvalue weighted by Crippen LogP contribution is 2.13. The van der Waals surface area contributed by atoms with Crippen molar-refractivity contribution in [2.45, 2.75) is 25.8 Å². The Balaban J connectivity index is 1.79. The maximum absolute atomic E-state index is 5.80. The summed E-state index contributed by atoms with van der Waals surface area (Å²) >= 11 is 0. The van der Waals surface area contributed by atoms with Crippen LogP contribution in [-0.4, -0.2) is 29.5 Å². The molecule has 0 aliphatic rings. The normalized spacial score (nSPS) is 12.3. The van der Waals surface area contributed by atoms with E-state index in [2.05, 4.69) is 35.5 Å². The van der Waals surface area contributed by atoms with Crippen molar-refractivity contribution < 1.29 is 4.74 Å². The van der Waals surface area contributed by atoms with Gasteiger partial charge in [0.25, 0.3) is 0 Å². The Bertz CT molecular complexity index is 536. The van der Waals surface area contributed by atoms with Gasteiger partial charge in [-0.3, -0.25) is 4.68 Å². The van der Waals surface area contributed by atoms with Crippen molar-refractivity contribution in [1.82, 2.24) is 15.1 Å². The van der Waals surface area contributed by atoms with E-state index >= 15 is 0 Å². The fraction of sp³-hybridized carbons (Fsp3) is 0.438. The molecule has 1 atom stereocenters. The molecule has 1 N–H and O–H groups in total. The summed E-state index contributed by atoms with van der Waals surface area (Å²) in [6.07, 6.45) is 3.86. The minimum atomic E-state index is 0.384. The molecule has 0 aliphatic heterocycles. The molecule has 108 valence electrons. The molecule has 1 unspecified atom stereocenters. The lowest BCUT2D eigenvalue weighted by molar-refractivity contribution is 0.287. The summed E-state index contributed by atoms with van der Waals surface area (Å²) in [6.45, 7) is 2.78. The molecule has 0 saturated heterocycles. The van der Waals surface area contributed by atoms with Crippen molar-refractivity contribution in [1.29, 1.82) is 0 Å². The van der Waals surface area contributed by atoms with Crippen LogP contribution < -0.4 is 10.1 Å². The molecule has 0 amide bonds. The number of ether oxygens (including phenoxy) is 1. The maximum Gasteiger partial charge on any atom is 0.119 e. The van der Waals surface area contributed by atoms with Crippen LogP contribution in [0, 0.1) is 6.92 Å². The third-order valence-electron chi connectivity index (χ3n) is 3.36. The Morgan fingerprint density at radius 3 is 2.85 bits per heavy atom. The van der Waals surface area contributed by atoms with Crippen LogP contribution in [0.4, 0.5) is 0 Å². The first-order valence-electron chi connectivity index (χ1n) is 7.02. The molecule has 0 fully saturated rings. The van der Waals surface area contributed by atoms with E-state index in [1.165, 1.54) is 5.56 Å². The number of aryl methyl sites for hydroxylation is 2. The van der Waals surface area contributed by atoms with Crippen LogP contribution in [0.1, 0.15) is 17.7 Å². The van der Waals surface area contributed by atoms with Gasteiger partial charge in [0.15, 0.2) is 0 Å². The van der Waals surface area contributed by atoms with Crippen LogP contribution >= 0.6 is 0 Å². The standard InChI is InChI=1S/C16H23N3O/c1-13-5-4-6-16(11-13)20-10-8-14(17-2)12-15-7-9-19(3)18-15/h4-7,9,11,14,17H,8,10,12H2,1-3H3. The zero-order valence-corrected chi connectivity index (χ0v) is 12.5. The number of nitrogens with zero attached hydrogens (tertiary/aromatic N) is 2. The molecule has 0 spiro atoms. The van der Waals surface area contributed by atoms with E-state index in [1.807, 2.05) is 37.1 Å². The highest BCUT2D eigenvalue weighted by Gasteiger charge is 2.09. The van der Waals surface area contributed by atoms with E-state index in [9.17, 15) is 0 Å². The largest absolute Gasteiger partial charge is 0.494 e. The molecule has 0 radical (unpaired) electrons. The SMILES string of the molecule is CNC(CCOc1cccc(C)c1)Cc1ccn(C)n1. The van der Waals surface area contributed by atoms with Gasteiger partial charge in [-0.2, -0.15) is 5.10 Å².